The lowest BCUT2D eigenvalue weighted by Crippen LogP contribution is -2.45. The van der Waals surface area contributed by atoms with Crippen molar-refractivity contribution in [2.75, 3.05) is 0 Å². The molecule has 2 nitrogen and oxygen atoms in total. The van der Waals surface area contributed by atoms with Crippen LogP contribution in [-0.4, -0.2) is 18.2 Å². The van der Waals surface area contributed by atoms with Crippen LogP contribution >= 0.6 is 0 Å². The van der Waals surface area contributed by atoms with E-state index in [1.54, 1.807) is 0 Å². The first-order valence-electron chi connectivity index (χ1n) is 6.36. The summed E-state index contributed by atoms with van der Waals surface area (Å²) in [5, 5.41) is 0. The molecule has 2 atom stereocenters. The summed E-state index contributed by atoms with van der Waals surface area (Å²) in [7, 11) is 0. The molecule has 15 heavy (non-hydrogen) atoms. The van der Waals surface area contributed by atoms with Crippen molar-refractivity contribution in [2.45, 2.75) is 71.1 Å². The fourth-order valence-electron chi connectivity index (χ4n) is 3.35. The molecule has 0 bridgehead atoms. The predicted molar refractivity (Wildman–Crippen MR) is 62.7 cm³/mol. The van der Waals surface area contributed by atoms with Crippen LogP contribution in [0.3, 0.4) is 0 Å². The van der Waals surface area contributed by atoms with Gasteiger partial charge in [-0.05, 0) is 43.4 Å². The lowest BCUT2D eigenvalue weighted by molar-refractivity contribution is -0.0969. The van der Waals surface area contributed by atoms with E-state index < -0.39 is 0 Å². The molecule has 0 radical (unpaired) electrons. The topological polar surface area (TPSA) is 35.2 Å². The van der Waals surface area contributed by atoms with E-state index in [0.717, 1.165) is 18.8 Å². The highest BCUT2D eigenvalue weighted by atomic mass is 16.5. The Balaban J connectivity index is 1.81. The molecule has 2 rings (SSSR count). The molecule has 0 spiro atoms. The smallest absolute Gasteiger partial charge is 0.0608 e. The third-order valence-corrected chi connectivity index (χ3v) is 3.86. The molecule has 0 aromatic carbocycles. The van der Waals surface area contributed by atoms with Gasteiger partial charge in [-0.25, -0.2) is 0 Å². The van der Waals surface area contributed by atoms with Crippen LogP contribution in [0, 0.1) is 11.3 Å². The van der Waals surface area contributed by atoms with Gasteiger partial charge in [0.15, 0.2) is 0 Å². The molecule has 88 valence electrons. The van der Waals surface area contributed by atoms with E-state index in [4.69, 9.17) is 10.5 Å². The number of hydrogen-bond donors (Lipinski definition) is 1. The summed E-state index contributed by atoms with van der Waals surface area (Å²) in [6.07, 6.45) is 6.92. The van der Waals surface area contributed by atoms with Crippen LogP contribution < -0.4 is 5.73 Å². The SMILES string of the molecule is CC1CC(OC2CC(N)C2)CC(C)(C)C1. The molecule has 2 aliphatic carbocycles. The minimum atomic E-state index is 0.407. The molecule has 2 unspecified atom stereocenters. The number of hydrogen-bond acceptors (Lipinski definition) is 2. The van der Waals surface area contributed by atoms with Gasteiger partial charge in [-0.3, -0.25) is 0 Å². The lowest BCUT2D eigenvalue weighted by Gasteiger charge is -2.42. The molecule has 0 aromatic heterocycles. The van der Waals surface area contributed by atoms with Crippen molar-refractivity contribution >= 4 is 0 Å². The molecule has 2 heteroatoms. The van der Waals surface area contributed by atoms with Gasteiger partial charge in [-0.2, -0.15) is 0 Å². The second-order valence-electron chi connectivity index (χ2n) is 6.52. The molecule has 2 aliphatic rings. The Bertz CT molecular complexity index is 221. The van der Waals surface area contributed by atoms with Gasteiger partial charge >= 0.3 is 0 Å². The van der Waals surface area contributed by atoms with E-state index in [1.165, 1.54) is 19.3 Å². The summed E-state index contributed by atoms with van der Waals surface area (Å²) in [5.41, 5.74) is 6.24. The third kappa shape index (κ3) is 2.94. The Morgan fingerprint density at radius 2 is 1.73 bits per heavy atom. The van der Waals surface area contributed by atoms with E-state index in [1.807, 2.05) is 0 Å². The van der Waals surface area contributed by atoms with E-state index >= 15 is 0 Å². The zero-order valence-electron chi connectivity index (χ0n) is 10.3. The van der Waals surface area contributed by atoms with E-state index in [-0.39, 0.29) is 0 Å². The van der Waals surface area contributed by atoms with Gasteiger partial charge in [-0.15, -0.1) is 0 Å². The van der Waals surface area contributed by atoms with Gasteiger partial charge in [0.25, 0.3) is 0 Å². The van der Waals surface area contributed by atoms with Crippen LogP contribution in [-0.2, 0) is 4.74 Å². The first kappa shape index (κ1) is 11.4. The molecule has 0 aliphatic heterocycles. The summed E-state index contributed by atoms with van der Waals surface area (Å²) < 4.78 is 6.12. The summed E-state index contributed by atoms with van der Waals surface area (Å²) in [4.78, 5) is 0. The average Bonchev–Trinajstić information content (AvgIpc) is 1.96. The van der Waals surface area contributed by atoms with Crippen LogP contribution in [0.1, 0.15) is 52.9 Å². The summed E-state index contributed by atoms with van der Waals surface area (Å²) in [6, 6.07) is 0.407. The molecular formula is C13H25NO. The zero-order valence-corrected chi connectivity index (χ0v) is 10.3. The monoisotopic (exact) mass is 211 g/mol. The number of rotatable bonds is 2. The number of ether oxygens (including phenoxy) is 1. The fraction of sp³-hybridized carbons (Fsp3) is 1.00. The first-order valence-corrected chi connectivity index (χ1v) is 6.36. The largest absolute Gasteiger partial charge is 0.375 e. The highest BCUT2D eigenvalue weighted by Gasteiger charge is 2.36. The molecular weight excluding hydrogens is 186 g/mol. The Morgan fingerprint density at radius 3 is 2.27 bits per heavy atom. The molecule has 2 fully saturated rings. The fourth-order valence-corrected chi connectivity index (χ4v) is 3.35. The Morgan fingerprint density at radius 1 is 1.07 bits per heavy atom. The minimum Gasteiger partial charge on any atom is -0.375 e. The third-order valence-electron chi connectivity index (χ3n) is 3.86. The van der Waals surface area contributed by atoms with Crippen molar-refractivity contribution in [3.05, 3.63) is 0 Å². The highest BCUT2D eigenvalue weighted by Crippen LogP contribution is 2.41. The van der Waals surface area contributed by atoms with E-state index in [9.17, 15) is 0 Å². The summed E-state index contributed by atoms with van der Waals surface area (Å²) >= 11 is 0. The molecule has 0 saturated heterocycles. The number of nitrogens with two attached hydrogens (primary N) is 1. The van der Waals surface area contributed by atoms with Gasteiger partial charge < -0.3 is 10.5 Å². The van der Waals surface area contributed by atoms with Crippen LogP contribution in [0.5, 0.6) is 0 Å². The highest BCUT2D eigenvalue weighted by molar-refractivity contribution is 4.88. The van der Waals surface area contributed by atoms with Crippen molar-refractivity contribution in [3.63, 3.8) is 0 Å². The van der Waals surface area contributed by atoms with Crippen LogP contribution in [0.25, 0.3) is 0 Å². The maximum atomic E-state index is 6.12. The Hall–Kier alpha value is -0.0800. The van der Waals surface area contributed by atoms with Crippen molar-refractivity contribution < 1.29 is 4.74 Å². The minimum absolute atomic E-state index is 0.407. The van der Waals surface area contributed by atoms with Crippen molar-refractivity contribution in [1.82, 2.24) is 0 Å². The lowest BCUT2D eigenvalue weighted by atomic mass is 9.71. The van der Waals surface area contributed by atoms with Crippen molar-refractivity contribution in [1.29, 1.82) is 0 Å². The predicted octanol–water partition coefficient (Wildman–Crippen LogP) is 2.71. The molecule has 2 saturated carbocycles. The second-order valence-corrected chi connectivity index (χ2v) is 6.52. The zero-order chi connectivity index (χ0) is 11.1. The molecule has 0 amide bonds. The van der Waals surface area contributed by atoms with E-state index in [0.29, 0.717) is 23.7 Å². The van der Waals surface area contributed by atoms with Crippen LogP contribution in [0.4, 0.5) is 0 Å². The first-order chi connectivity index (χ1) is 6.94. The van der Waals surface area contributed by atoms with Gasteiger partial charge in [0.2, 0.25) is 0 Å². The van der Waals surface area contributed by atoms with Gasteiger partial charge in [0, 0.05) is 6.04 Å². The van der Waals surface area contributed by atoms with E-state index in [2.05, 4.69) is 20.8 Å². The summed E-state index contributed by atoms with van der Waals surface area (Å²) in [6.45, 7) is 7.08. The Kier molecular flexibility index (Phi) is 3.09. The molecule has 2 N–H and O–H groups in total. The average molecular weight is 211 g/mol. The maximum Gasteiger partial charge on any atom is 0.0608 e. The second kappa shape index (κ2) is 4.06. The van der Waals surface area contributed by atoms with Crippen molar-refractivity contribution in [3.8, 4) is 0 Å². The normalized spacial score (nSPS) is 44.8. The molecule has 0 aromatic rings. The standard InChI is InChI=1S/C13H25NO/c1-9-4-12(8-13(2,3)7-9)15-11-5-10(14)6-11/h9-12H,4-8,14H2,1-3H3. The summed E-state index contributed by atoms with van der Waals surface area (Å²) in [5.74, 6) is 0.812. The van der Waals surface area contributed by atoms with Gasteiger partial charge in [-0.1, -0.05) is 20.8 Å². The van der Waals surface area contributed by atoms with Crippen LogP contribution in [0.15, 0.2) is 0 Å². The molecule has 0 heterocycles. The van der Waals surface area contributed by atoms with Crippen LogP contribution in [0.2, 0.25) is 0 Å². The quantitative estimate of drug-likeness (QED) is 0.762. The Labute approximate surface area is 93.6 Å². The maximum absolute atomic E-state index is 6.12. The van der Waals surface area contributed by atoms with Gasteiger partial charge in [0.05, 0.1) is 12.2 Å². The van der Waals surface area contributed by atoms with Crippen molar-refractivity contribution in [2.24, 2.45) is 17.1 Å². The van der Waals surface area contributed by atoms with Gasteiger partial charge in [0.1, 0.15) is 0 Å².